The third-order valence-electron chi connectivity index (χ3n) is 11.0. The second kappa shape index (κ2) is 24.0. The van der Waals surface area contributed by atoms with Crippen molar-refractivity contribution in [2.45, 2.75) is 116 Å². The summed E-state index contributed by atoms with van der Waals surface area (Å²) in [6.07, 6.45) is 7.85. The number of nitriles is 1. The maximum Gasteiger partial charge on any atom is 0.223 e. The van der Waals surface area contributed by atoms with Crippen molar-refractivity contribution >= 4 is 29.2 Å². The van der Waals surface area contributed by atoms with Gasteiger partial charge in [-0.15, -0.1) is 0 Å². The lowest BCUT2D eigenvalue weighted by molar-refractivity contribution is -0.139. The number of benzene rings is 3. The van der Waals surface area contributed by atoms with Crippen molar-refractivity contribution in [2.75, 3.05) is 33.4 Å². The Labute approximate surface area is 355 Å². The number of carbonyl (C=O) groups excluding carboxylic acids is 5. The van der Waals surface area contributed by atoms with Gasteiger partial charge in [-0.3, -0.25) is 24.0 Å². The van der Waals surface area contributed by atoms with E-state index in [4.69, 9.17) is 20.9 Å². The number of carbonyl (C=O) groups is 5. The van der Waals surface area contributed by atoms with E-state index in [0.29, 0.717) is 39.3 Å². The molecule has 5 N–H and O–H groups in total. The quantitative estimate of drug-likeness (QED) is 0.0751. The van der Waals surface area contributed by atoms with Gasteiger partial charge in [-0.25, -0.2) is 0 Å². The van der Waals surface area contributed by atoms with E-state index in [1.165, 1.54) is 49.6 Å². The molecule has 3 aromatic rings. The first kappa shape index (κ1) is 47.3. The first-order valence-corrected chi connectivity index (χ1v) is 21.5. The van der Waals surface area contributed by atoms with Crippen LogP contribution in [-0.2, 0) is 32.0 Å². The Morgan fingerprint density at radius 3 is 2.18 bits per heavy atom. The van der Waals surface area contributed by atoms with Gasteiger partial charge in [0, 0.05) is 74.8 Å². The molecule has 4 rings (SSSR count). The number of hydrogen-bond donors (Lipinski definition) is 3. The Hall–Kier alpha value is -5.38. The lowest BCUT2D eigenvalue weighted by Crippen LogP contribution is -2.45. The molecule has 12 nitrogen and oxygen atoms in total. The van der Waals surface area contributed by atoms with Crippen molar-refractivity contribution in [3.63, 3.8) is 0 Å². The lowest BCUT2D eigenvalue weighted by Gasteiger charge is -2.30. The molecule has 4 bridgehead atoms. The highest BCUT2D eigenvalue weighted by molar-refractivity contribution is 6.00. The van der Waals surface area contributed by atoms with Gasteiger partial charge in [0.2, 0.25) is 11.8 Å². The molecule has 0 saturated carbocycles. The average Bonchev–Trinajstić information content (AvgIpc) is 3.24. The maximum absolute atomic E-state index is 14.4. The van der Waals surface area contributed by atoms with Crippen LogP contribution in [-0.4, -0.2) is 73.5 Å². The summed E-state index contributed by atoms with van der Waals surface area (Å²) in [5, 5.41) is 12.0. The van der Waals surface area contributed by atoms with E-state index in [1.807, 2.05) is 31.2 Å². The predicted octanol–water partition coefficient (Wildman–Crippen LogP) is 6.91. The molecule has 1 aliphatic rings. The number of fused-ring (bicyclic) bond motifs is 5. The van der Waals surface area contributed by atoms with Crippen LogP contribution in [0.3, 0.4) is 0 Å². The van der Waals surface area contributed by atoms with Crippen LogP contribution >= 0.6 is 0 Å². The number of amides is 2. The van der Waals surface area contributed by atoms with Gasteiger partial charge >= 0.3 is 0 Å². The Kier molecular flexibility index (Phi) is 18.9. The second-order valence-corrected chi connectivity index (χ2v) is 15.8. The van der Waals surface area contributed by atoms with Gasteiger partial charge in [0.15, 0.2) is 17.3 Å². The molecule has 1 heterocycles. The number of rotatable bonds is 21. The summed E-state index contributed by atoms with van der Waals surface area (Å²) in [5.74, 6) is -1.74. The molecular weight excluding hydrogens is 759 g/mol. The summed E-state index contributed by atoms with van der Waals surface area (Å²) in [4.78, 5) is 70.4. The fourth-order valence-electron chi connectivity index (χ4n) is 7.69. The standard InChI is InChI=1S/C48H63N5O7/c1-5-6-7-8-9-10-12-34-14-17-37(32(2)27-34)41(54)18-21-46(57)53(4)47-36-16-20-45(60-26-24-51)39(31-36)38-29-35(15-19-44(38)59-25-23-50)30-40(42(55)13-11-22-49)52-48(58)33(3)28-43(47)56/h14-17,19-20,27,29,31,33,40,47H,5-13,18,21,23-26,28,30,50-51H2,1-4H3,(H,52,58)/t33-,40+,47+/m1/s1. The Morgan fingerprint density at radius 2 is 1.52 bits per heavy atom. The van der Waals surface area contributed by atoms with Crippen molar-refractivity contribution < 1.29 is 33.4 Å². The summed E-state index contributed by atoms with van der Waals surface area (Å²) in [6, 6.07) is 16.4. The van der Waals surface area contributed by atoms with Crippen LogP contribution in [0.1, 0.15) is 123 Å². The number of nitrogens with two attached hydrogens (primary N) is 2. The molecule has 3 atom stereocenters. The highest BCUT2D eigenvalue weighted by atomic mass is 16.5. The number of likely N-dealkylation sites (N-methyl/N-ethyl adjacent to an activating group) is 1. The summed E-state index contributed by atoms with van der Waals surface area (Å²) in [5.41, 5.74) is 16.6. The number of ketones is 3. The SMILES string of the molecule is CCCCCCCCc1ccc(C(=O)CCC(=O)N(C)[C@@H]2C(=O)C[C@@H](C)C(=O)N[C@H](C(=O)CCC#N)Cc3ccc(OCCN)c(c3)-c3cc2ccc3OCCN)c(C)c1. The topological polar surface area (TPSA) is 195 Å². The average molecular weight is 822 g/mol. The molecule has 60 heavy (non-hydrogen) atoms. The highest BCUT2D eigenvalue weighted by Crippen LogP contribution is 2.40. The molecule has 0 fully saturated rings. The molecule has 0 radical (unpaired) electrons. The zero-order valence-electron chi connectivity index (χ0n) is 35.9. The normalized spacial score (nSPS) is 16.6. The number of unbranched alkanes of at least 4 members (excludes halogenated alkanes) is 5. The minimum atomic E-state index is -1.14. The zero-order chi connectivity index (χ0) is 43.6. The molecule has 322 valence electrons. The number of nitrogens with one attached hydrogen (secondary N) is 1. The molecule has 0 unspecified atom stereocenters. The van der Waals surface area contributed by atoms with Gasteiger partial charge in [-0.05, 0) is 72.7 Å². The molecule has 2 amide bonds. The molecule has 0 spiro atoms. The molecule has 1 aliphatic heterocycles. The molecule has 3 aromatic carbocycles. The minimum absolute atomic E-state index is 0.0101. The van der Waals surface area contributed by atoms with E-state index >= 15 is 0 Å². The zero-order valence-corrected chi connectivity index (χ0v) is 35.9. The largest absolute Gasteiger partial charge is 0.492 e. The van der Waals surface area contributed by atoms with Crippen molar-refractivity contribution in [1.82, 2.24) is 10.2 Å². The summed E-state index contributed by atoms with van der Waals surface area (Å²) < 4.78 is 12.2. The van der Waals surface area contributed by atoms with E-state index in [2.05, 4.69) is 18.3 Å². The fourth-order valence-corrected chi connectivity index (χ4v) is 7.69. The molecule has 12 heteroatoms. The third kappa shape index (κ3) is 13.3. The number of Topliss-reactive ketones (excluding diaryl/α,β-unsaturated/α-hetero) is 3. The number of aryl methyl sites for hydroxylation is 2. The number of hydrogen-bond acceptors (Lipinski definition) is 10. The summed E-state index contributed by atoms with van der Waals surface area (Å²) >= 11 is 0. The van der Waals surface area contributed by atoms with Crippen LogP contribution in [0.4, 0.5) is 0 Å². The van der Waals surface area contributed by atoms with Crippen LogP contribution in [0, 0.1) is 24.2 Å². The molecule has 0 aliphatic carbocycles. The third-order valence-corrected chi connectivity index (χ3v) is 11.0. The Morgan fingerprint density at radius 1 is 0.850 bits per heavy atom. The predicted molar refractivity (Wildman–Crippen MR) is 233 cm³/mol. The van der Waals surface area contributed by atoms with E-state index < -0.39 is 35.6 Å². The van der Waals surface area contributed by atoms with Gasteiger partial charge in [-0.1, -0.05) is 76.3 Å². The molecule has 0 saturated heterocycles. The van der Waals surface area contributed by atoms with Crippen LogP contribution in [0.5, 0.6) is 11.5 Å². The smallest absolute Gasteiger partial charge is 0.223 e. The lowest BCUT2D eigenvalue weighted by atomic mass is 9.89. The summed E-state index contributed by atoms with van der Waals surface area (Å²) in [6.45, 7) is 6.61. The Bertz CT molecular complexity index is 2010. The monoisotopic (exact) mass is 821 g/mol. The van der Waals surface area contributed by atoms with Crippen molar-refractivity contribution in [3.8, 4) is 28.7 Å². The van der Waals surface area contributed by atoms with E-state index in [0.717, 1.165) is 18.4 Å². The van der Waals surface area contributed by atoms with Gasteiger partial charge in [-0.2, -0.15) is 5.26 Å². The van der Waals surface area contributed by atoms with Crippen LogP contribution < -0.4 is 26.3 Å². The number of nitrogens with zero attached hydrogens (tertiary/aromatic N) is 2. The fraction of sp³-hybridized carbons (Fsp3) is 0.500. The number of ether oxygens (including phenoxy) is 2. The Balaban J connectivity index is 1.69. The van der Waals surface area contributed by atoms with E-state index in [1.54, 1.807) is 37.3 Å². The second-order valence-electron chi connectivity index (χ2n) is 15.8. The van der Waals surface area contributed by atoms with Crippen molar-refractivity contribution in [2.24, 2.45) is 17.4 Å². The summed E-state index contributed by atoms with van der Waals surface area (Å²) in [7, 11) is 1.53. The van der Waals surface area contributed by atoms with Crippen LogP contribution in [0.15, 0.2) is 54.6 Å². The first-order valence-electron chi connectivity index (χ1n) is 21.5. The van der Waals surface area contributed by atoms with Gasteiger partial charge in [0.1, 0.15) is 30.8 Å². The van der Waals surface area contributed by atoms with E-state index in [9.17, 15) is 29.2 Å². The highest BCUT2D eigenvalue weighted by Gasteiger charge is 2.33. The maximum atomic E-state index is 14.4. The minimum Gasteiger partial charge on any atom is -0.492 e. The van der Waals surface area contributed by atoms with Gasteiger partial charge in [0.05, 0.1) is 12.1 Å². The molecular formula is C48H63N5O7. The first-order chi connectivity index (χ1) is 28.9. The van der Waals surface area contributed by atoms with Crippen LogP contribution in [0.2, 0.25) is 0 Å². The van der Waals surface area contributed by atoms with Crippen molar-refractivity contribution in [3.05, 3.63) is 82.4 Å². The van der Waals surface area contributed by atoms with E-state index in [-0.39, 0.29) is 76.4 Å². The van der Waals surface area contributed by atoms with Crippen LogP contribution in [0.25, 0.3) is 11.1 Å². The molecule has 0 aromatic heterocycles. The van der Waals surface area contributed by atoms with Gasteiger partial charge in [0.25, 0.3) is 0 Å². The van der Waals surface area contributed by atoms with Crippen molar-refractivity contribution in [1.29, 1.82) is 5.26 Å². The van der Waals surface area contributed by atoms with Gasteiger partial charge < -0.3 is 31.2 Å².